The quantitative estimate of drug-likeness (QED) is 0.809. The molecule has 0 saturated carbocycles. The van der Waals surface area contributed by atoms with Crippen LogP contribution in [0.2, 0.25) is 0 Å². The third-order valence-electron chi connectivity index (χ3n) is 3.62. The fourth-order valence-corrected chi connectivity index (χ4v) is 2.50. The molecule has 1 amide bonds. The highest BCUT2D eigenvalue weighted by Crippen LogP contribution is 2.34. The van der Waals surface area contributed by atoms with Gasteiger partial charge < -0.3 is 4.42 Å². The second-order valence-corrected chi connectivity index (χ2v) is 5.01. The van der Waals surface area contributed by atoms with Gasteiger partial charge in [0.15, 0.2) is 0 Å². The predicted octanol–water partition coefficient (Wildman–Crippen LogP) is 3.36. The largest absolute Gasteiger partial charge is 0.439 e. The first kappa shape index (κ1) is 13.2. The summed E-state index contributed by atoms with van der Waals surface area (Å²) < 4.78 is 5.79. The van der Waals surface area contributed by atoms with Crippen LogP contribution < -0.4 is 4.90 Å². The molecule has 3 rings (SSSR count). The van der Waals surface area contributed by atoms with Crippen molar-refractivity contribution in [3.8, 4) is 17.4 Å². The van der Waals surface area contributed by atoms with Crippen molar-refractivity contribution in [2.75, 3.05) is 11.4 Å². The molecule has 1 aliphatic heterocycles. The summed E-state index contributed by atoms with van der Waals surface area (Å²) in [5, 5.41) is 9.28. The molecule has 1 fully saturated rings. The highest BCUT2D eigenvalue weighted by Gasteiger charge is 2.32. The van der Waals surface area contributed by atoms with Gasteiger partial charge in [0.25, 0.3) is 0 Å². The summed E-state index contributed by atoms with van der Waals surface area (Å²) in [6.45, 7) is 4.24. The van der Waals surface area contributed by atoms with Crippen LogP contribution in [0.15, 0.2) is 53.5 Å². The maximum Gasteiger partial charge on any atom is 0.230 e. The first-order valence-corrected chi connectivity index (χ1v) is 6.75. The summed E-state index contributed by atoms with van der Waals surface area (Å²) in [6.07, 6.45) is 2.18. The standard InChI is InChI=1S/C17H14N2O2/c1-2-12-8-16(20)19(11-12)17-14(10-18)9-15(21-17)13-6-4-3-5-7-13/h2-7,9,12H,1,8,11H2. The Morgan fingerprint density at radius 1 is 1.38 bits per heavy atom. The first-order valence-electron chi connectivity index (χ1n) is 6.75. The zero-order valence-corrected chi connectivity index (χ0v) is 11.5. The molecule has 1 saturated heterocycles. The average Bonchev–Trinajstić information content (AvgIpc) is 3.11. The van der Waals surface area contributed by atoms with Gasteiger partial charge in [0, 0.05) is 30.5 Å². The van der Waals surface area contributed by atoms with E-state index in [-0.39, 0.29) is 11.8 Å². The summed E-state index contributed by atoms with van der Waals surface area (Å²) in [5.41, 5.74) is 1.26. The van der Waals surface area contributed by atoms with Crippen LogP contribution in [0.4, 0.5) is 5.88 Å². The van der Waals surface area contributed by atoms with Crippen molar-refractivity contribution in [1.82, 2.24) is 0 Å². The lowest BCUT2D eigenvalue weighted by molar-refractivity contribution is -0.117. The number of furan rings is 1. The smallest absolute Gasteiger partial charge is 0.230 e. The lowest BCUT2D eigenvalue weighted by atomic mass is 10.1. The first-order chi connectivity index (χ1) is 10.2. The van der Waals surface area contributed by atoms with Crippen molar-refractivity contribution in [2.45, 2.75) is 6.42 Å². The van der Waals surface area contributed by atoms with Gasteiger partial charge in [0.2, 0.25) is 11.8 Å². The van der Waals surface area contributed by atoms with Crippen LogP contribution in [0.3, 0.4) is 0 Å². The highest BCUT2D eigenvalue weighted by molar-refractivity contribution is 5.96. The zero-order chi connectivity index (χ0) is 14.8. The van der Waals surface area contributed by atoms with Crippen molar-refractivity contribution in [3.05, 3.63) is 54.6 Å². The van der Waals surface area contributed by atoms with Gasteiger partial charge in [-0.2, -0.15) is 5.26 Å². The lowest BCUT2D eigenvalue weighted by Gasteiger charge is -2.12. The molecule has 2 aromatic rings. The molecule has 1 aliphatic rings. The lowest BCUT2D eigenvalue weighted by Crippen LogP contribution is -2.24. The van der Waals surface area contributed by atoms with Crippen molar-refractivity contribution in [3.63, 3.8) is 0 Å². The van der Waals surface area contributed by atoms with Gasteiger partial charge in [-0.25, -0.2) is 0 Å². The van der Waals surface area contributed by atoms with E-state index in [9.17, 15) is 10.1 Å². The number of hydrogen-bond donors (Lipinski definition) is 0. The van der Waals surface area contributed by atoms with Gasteiger partial charge >= 0.3 is 0 Å². The van der Waals surface area contributed by atoms with Crippen LogP contribution in [0, 0.1) is 17.2 Å². The number of benzene rings is 1. The maximum atomic E-state index is 12.1. The third-order valence-corrected chi connectivity index (χ3v) is 3.62. The number of carbonyl (C=O) groups excluding carboxylic acids is 1. The van der Waals surface area contributed by atoms with Gasteiger partial charge in [-0.15, -0.1) is 6.58 Å². The minimum atomic E-state index is -0.0367. The second kappa shape index (κ2) is 5.29. The molecule has 1 atom stereocenters. The Kier molecular flexibility index (Phi) is 3.33. The minimum Gasteiger partial charge on any atom is -0.439 e. The van der Waals surface area contributed by atoms with E-state index in [0.29, 0.717) is 30.2 Å². The van der Waals surface area contributed by atoms with E-state index in [2.05, 4.69) is 12.6 Å². The molecule has 0 spiro atoms. The van der Waals surface area contributed by atoms with E-state index in [4.69, 9.17) is 4.42 Å². The Bertz CT molecular complexity index is 725. The van der Waals surface area contributed by atoms with E-state index in [1.54, 1.807) is 12.1 Å². The third kappa shape index (κ3) is 2.34. The van der Waals surface area contributed by atoms with Gasteiger partial charge in [0.1, 0.15) is 17.4 Å². The molecule has 104 valence electrons. The number of hydrogen-bond acceptors (Lipinski definition) is 3. The molecule has 2 heterocycles. The van der Waals surface area contributed by atoms with Gasteiger partial charge in [0.05, 0.1) is 0 Å². The predicted molar refractivity (Wildman–Crippen MR) is 79.5 cm³/mol. The number of anilines is 1. The van der Waals surface area contributed by atoms with Gasteiger partial charge in [-0.05, 0) is 0 Å². The molecule has 1 aromatic carbocycles. The van der Waals surface area contributed by atoms with Crippen LogP contribution in [0.1, 0.15) is 12.0 Å². The molecule has 0 radical (unpaired) electrons. The van der Waals surface area contributed by atoms with E-state index in [1.165, 1.54) is 4.90 Å². The monoisotopic (exact) mass is 278 g/mol. The van der Waals surface area contributed by atoms with Crippen molar-refractivity contribution in [1.29, 1.82) is 5.26 Å². The van der Waals surface area contributed by atoms with Crippen molar-refractivity contribution in [2.24, 2.45) is 5.92 Å². The number of rotatable bonds is 3. The topological polar surface area (TPSA) is 57.2 Å². The van der Waals surface area contributed by atoms with Crippen LogP contribution in [0.5, 0.6) is 0 Å². The van der Waals surface area contributed by atoms with Gasteiger partial charge in [-0.1, -0.05) is 36.4 Å². The molecule has 1 aromatic heterocycles. The molecule has 0 aliphatic carbocycles. The Labute approximate surface area is 122 Å². The maximum absolute atomic E-state index is 12.1. The molecule has 0 bridgehead atoms. The van der Waals surface area contributed by atoms with E-state index >= 15 is 0 Å². The fourth-order valence-electron chi connectivity index (χ4n) is 2.50. The van der Waals surface area contributed by atoms with E-state index in [0.717, 1.165) is 5.56 Å². The number of nitriles is 1. The second-order valence-electron chi connectivity index (χ2n) is 5.01. The number of amides is 1. The molecule has 0 N–H and O–H groups in total. The summed E-state index contributed by atoms with van der Waals surface area (Å²) in [4.78, 5) is 13.6. The Morgan fingerprint density at radius 2 is 2.14 bits per heavy atom. The summed E-state index contributed by atoms with van der Waals surface area (Å²) in [6, 6.07) is 13.3. The Morgan fingerprint density at radius 3 is 2.76 bits per heavy atom. The van der Waals surface area contributed by atoms with Crippen LogP contribution in [-0.2, 0) is 4.79 Å². The van der Waals surface area contributed by atoms with E-state index in [1.807, 2.05) is 30.3 Å². The molecular formula is C17H14N2O2. The fraction of sp³-hybridized carbons (Fsp3) is 0.176. The molecule has 21 heavy (non-hydrogen) atoms. The zero-order valence-electron chi connectivity index (χ0n) is 11.5. The molecule has 4 heteroatoms. The number of carbonyl (C=O) groups is 1. The van der Waals surface area contributed by atoms with Crippen LogP contribution in [-0.4, -0.2) is 12.5 Å². The van der Waals surface area contributed by atoms with Crippen LogP contribution >= 0.6 is 0 Å². The highest BCUT2D eigenvalue weighted by atomic mass is 16.4. The molecule has 1 unspecified atom stereocenters. The SMILES string of the molecule is C=CC1CC(=O)N(c2oc(-c3ccccc3)cc2C#N)C1. The van der Waals surface area contributed by atoms with Crippen LogP contribution in [0.25, 0.3) is 11.3 Å². The summed E-state index contributed by atoms with van der Waals surface area (Å²) >= 11 is 0. The Balaban J connectivity index is 2.00. The Hall–Kier alpha value is -2.80. The van der Waals surface area contributed by atoms with Gasteiger partial charge in [-0.3, -0.25) is 9.69 Å². The minimum absolute atomic E-state index is 0.0367. The molecule has 4 nitrogen and oxygen atoms in total. The van der Waals surface area contributed by atoms with Crippen molar-refractivity contribution < 1.29 is 9.21 Å². The van der Waals surface area contributed by atoms with Crippen molar-refractivity contribution >= 4 is 11.8 Å². The average molecular weight is 278 g/mol. The van der Waals surface area contributed by atoms with E-state index < -0.39 is 0 Å². The molecular weight excluding hydrogens is 264 g/mol. The normalized spacial score (nSPS) is 17.8. The summed E-state index contributed by atoms with van der Waals surface area (Å²) in [7, 11) is 0. The number of nitrogens with zero attached hydrogens (tertiary/aromatic N) is 2. The summed E-state index contributed by atoms with van der Waals surface area (Å²) in [5.74, 6) is 1.00.